The van der Waals surface area contributed by atoms with Gasteiger partial charge in [-0.05, 0) is 20.8 Å². The topological polar surface area (TPSA) is 60.4 Å². The first-order chi connectivity index (χ1) is 6.31. The zero-order valence-corrected chi connectivity index (χ0v) is 8.79. The van der Waals surface area contributed by atoms with Gasteiger partial charge in [-0.1, -0.05) is 6.92 Å². The lowest BCUT2D eigenvalue weighted by Gasteiger charge is -2.21. The molecule has 0 amide bonds. The Balaban J connectivity index is 3.08. The lowest BCUT2D eigenvalue weighted by Crippen LogP contribution is -2.37. The monoisotopic (exact) mass is 198 g/mol. The van der Waals surface area contributed by atoms with Gasteiger partial charge in [-0.25, -0.2) is 0 Å². The smallest absolute Gasteiger partial charge is 0.320 e. The molecule has 0 saturated carbocycles. The van der Waals surface area contributed by atoms with E-state index in [0.717, 1.165) is 0 Å². The van der Waals surface area contributed by atoms with Gasteiger partial charge in [0.05, 0.1) is 0 Å². The summed E-state index contributed by atoms with van der Waals surface area (Å²) in [6.07, 6.45) is -0.767. The fourth-order valence-electron chi connectivity index (χ4n) is 1.73. The van der Waals surface area contributed by atoms with Gasteiger partial charge in [-0.2, -0.15) is 0 Å². The van der Waals surface area contributed by atoms with Crippen LogP contribution in [0.5, 0.6) is 0 Å². The fraction of sp³-hybridized carbons (Fsp3) is 0.700. The molecule has 1 aliphatic heterocycles. The predicted octanol–water partition coefficient (Wildman–Crippen LogP) is 0.732. The first-order valence-electron chi connectivity index (χ1n) is 4.54. The molecular weight excluding hydrogens is 184 g/mol. The van der Waals surface area contributed by atoms with E-state index in [2.05, 4.69) is 0 Å². The van der Waals surface area contributed by atoms with Crippen molar-refractivity contribution in [3.8, 4) is 0 Å². The van der Waals surface area contributed by atoms with Crippen LogP contribution in [-0.2, 0) is 19.1 Å². The molecule has 0 bridgehead atoms. The van der Waals surface area contributed by atoms with Gasteiger partial charge >= 0.3 is 5.97 Å². The minimum Gasteiger partial charge on any atom is -0.453 e. The maximum atomic E-state index is 11.5. The van der Waals surface area contributed by atoms with E-state index < -0.39 is 17.5 Å². The largest absolute Gasteiger partial charge is 0.453 e. The van der Waals surface area contributed by atoms with Gasteiger partial charge in [-0.15, -0.1) is 0 Å². The zero-order valence-electron chi connectivity index (χ0n) is 8.79. The van der Waals surface area contributed by atoms with E-state index in [1.807, 2.05) is 0 Å². The Morgan fingerprint density at radius 3 is 2.07 bits per heavy atom. The maximum Gasteiger partial charge on any atom is 0.320 e. The van der Waals surface area contributed by atoms with Crippen LogP contribution in [0.2, 0.25) is 0 Å². The van der Waals surface area contributed by atoms with Crippen LogP contribution in [0.25, 0.3) is 0 Å². The number of hydrogen-bond acceptors (Lipinski definition) is 4. The molecule has 0 aliphatic carbocycles. The Labute approximate surface area is 82.6 Å². The van der Waals surface area contributed by atoms with Crippen LogP contribution in [0.15, 0.2) is 0 Å². The first-order valence-corrected chi connectivity index (χ1v) is 4.54. The third kappa shape index (κ3) is 1.25. The number of rotatable bonds is 2. The van der Waals surface area contributed by atoms with Crippen molar-refractivity contribution in [2.45, 2.75) is 33.8 Å². The summed E-state index contributed by atoms with van der Waals surface area (Å²) in [5.74, 6) is -1.43. The fourth-order valence-corrected chi connectivity index (χ4v) is 1.73. The highest BCUT2D eigenvalue weighted by molar-refractivity contribution is 6.06. The van der Waals surface area contributed by atoms with Crippen LogP contribution in [0, 0.1) is 11.3 Å². The molecule has 1 fully saturated rings. The standard InChI is InChI=1S/C10H14O4/c1-5-8(6(2)11)14-9(13)10(5,4)7(3)12/h5,8H,1-4H3/t5-,8-,10+/m1/s1. The number of cyclic esters (lactones) is 1. The second-order valence-electron chi connectivity index (χ2n) is 3.98. The number of Topliss-reactive ketones (excluding diaryl/α,β-unsaturated/α-hetero) is 2. The molecule has 0 radical (unpaired) electrons. The van der Waals surface area contributed by atoms with Crippen LogP contribution in [-0.4, -0.2) is 23.6 Å². The van der Waals surface area contributed by atoms with Gasteiger partial charge in [0.25, 0.3) is 0 Å². The predicted molar refractivity (Wildman–Crippen MR) is 48.5 cm³/mol. The highest BCUT2D eigenvalue weighted by atomic mass is 16.6. The molecule has 0 N–H and O–H groups in total. The van der Waals surface area contributed by atoms with Crippen molar-refractivity contribution in [3.05, 3.63) is 0 Å². The SMILES string of the molecule is CC(=O)[C@@H]1OC(=O)[C@](C)(C(C)=O)[C@@H]1C. The first kappa shape index (κ1) is 10.9. The molecule has 78 valence electrons. The van der Waals surface area contributed by atoms with E-state index in [9.17, 15) is 14.4 Å². The van der Waals surface area contributed by atoms with Crippen molar-refractivity contribution in [2.24, 2.45) is 11.3 Å². The lowest BCUT2D eigenvalue weighted by atomic mass is 9.74. The van der Waals surface area contributed by atoms with Crippen molar-refractivity contribution < 1.29 is 19.1 Å². The van der Waals surface area contributed by atoms with Gasteiger partial charge in [0.1, 0.15) is 11.2 Å². The van der Waals surface area contributed by atoms with Crippen molar-refractivity contribution in [3.63, 3.8) is 0 Å². The van der Waals surface area contributed by atoms with Crippen LogP contribution >= 0.6 is 0 Å². The number of esters is 1. The Bertz CT molecular complexity index is 307. The third-order valence-corrected chi connectivity index (χ3v) is 3.15. The Morgan fingerprint density at radius 2 is 1.86 bits per heavy atom. The second kappa shape index (κ2) is 3.19. The second-order valence-corrected chi connectivity index (χ2v) is 3.98. The highest BCUT2D eigenvalue weighted by Crippen LogP contribution is 2.40. The van der Waals surface area contributed by atoms with Crippen LogP contribution in [0.3, 0.4) is 0 Å². The molecule has 0 spiro atoms. The van der Waals surface area contributed by atoms with E-state index >= 15 is 0 Å². The molecule has 1 heterocycles. The third-order valence-electron chi connectivity index (χ3n) is 3.15. The number of ketones is 2. The number of carbonyl (C=O) groups is 3. The molecule has 4 nitrogen and oxygen atoms in total. The molecule has 14 heavy (non-hydrogen) atoms. The number of carbonyl (C=O) groups excluding carboxylic acids is 3. The molecule has 0 aromatic carbocycles. The van der Waals surface area contributed by atoms with E-state index in [1.54, 1.807) is 6.92 Å². The van der Waals surface area contributed by atoms with Gasteiger partial charge in [0, 0.05) is 5.92 Å². The van der Waals surface area contributed by atoms with Gasteiger partial charge in [-0.3, -0.25) is 14.4 Å². The summed E-state index contributed by atoms with van der Waals surface area (Å²) in [5.41, 5.74) is -1.16. The quantitative estimate of drug-likeness (QED) is 0.485. The van der Waals surface area contributed by atoms with Crippen LogP contribution in [0.4, 0.5) is 0 Å². The van der Waals surface area contributed by atoms with E-state index in [4.69, 9.17) is 4.74 Å². The Hall–Kier alpha value is -1.19. The molecule has 3 atom stereocenters. The Morgan fingerprint density at radius 1 is 1.36 bits per heavy atom. The maximum absolute atomic E-state index is 11.5. The Kier molecular flexibility index (Phi) is 2.48. The zero-order chi connectivity index (χ0) is 11.1. The highest BCUT2D eigenvalue weighted by Gasteiger charge is 2.56. The number of hydrogen-bond donors (Lipinski definition) is 0. The summed E-state index contributed by atoms with van der Waals surface area (Å²) in [4.78, 5) is 33.9. The van der Waals surface area contributed by atoms with E-state index in [1.165, 1.54) is 20.8 Å². The molecule has 0 aromatic rings. The van der Waals surface area contributed by atoms with Crippen molar-refractivity contribution in [1.29, 1.82) is 0 Å². The van der Waals surface area contributed by atoms with Crippen molar-refractivity contribution >= 4 is 17.5 Å². The van der Waals surface area contributed by atoms with E-state index in [0.29, 0.717) is 0 Å². The van der Waals surface area contributed by atoms with E-state index in [-0.39, 0.29) is 17.5 Å². The van der Waals surface area contributed by atoms with Crippen molar-refractivity contribution in [2.75, 3.05) is 0 Å². The molecule has 1 saturated heterocycles. The summed E-state index contributed by atoms with van der Waals surface area (Å²) < 4.78 is 4.90. The number of ether oxygens (including phenoxy) is 1. The minimum atomic E-state index is -1.16. The molecule has 4 heteroatoms. The van der Waals surface area contributed by atoms with Crippen LogP contribution < -0.4 is 0 Å². The molecular formula is C10H14O4. The van der Waals surface area contributed by atoms with Crippen molar-refractivity contribution in [1.82, 2.24) is 0 Å². The molecule has 0 aromatic heterocycles. The van der Waals surface area contributed by atoms with Gasteiger partial charge < -0.3 is 4.74 Å². The van der Waals surface area contributed by atoms with Gasteiger partial charge in [0.15, 0.2) is 11.9 Å². The summed E-state index contributed by atoms with van der Waals surface area (Å²) >= 11 is 0. The summed E-state index contributed by atoms with van der Waals surface area (Å²) in [6.45, 7) is 5.93. The lowest BCUT2D eigenvalue weighted by molar-refractivity contribution is -0.153. The molecule has 1 rings (SSSR count). The average Bonchev–Trinajstić information content (AvgIpc) is 2.30. The normalized spacial score (nSPS) is 36.7. The van der Waals surface area contributed by atoms with Gasteiger partial charge in [0.2, 0.25) is 0 Å². The minimum absolute atomic E-state index is 0.212. The average molecular weight is 198 g/mol. The summed E-state index contributed by atoms with van der Waals surface area (Å²) in [7, 11) is 0. The summed E-state index contributed by atoms with van der Waals surface area (Å²) in [6, 6.07) is 0. The molecule has 0 unspecified atom stereocenters. The molecule has 1 aliphatic rings. The van der Waals surface area contributed by atoms with Crippen LogP contribution in [0.1, 0.15) is 27.7 Å². The summed E-state index contributed by atoms with van der Waals surface area (Å²) in [5, 5.41) is 0.